The fraction of sp³-hybridized carbons (Fsp3) is 0.0667. The zero-order valence-corrected chi connectivity index (χ0v) is 12.8. The minimum Gasteiger partial charge on any atom is -0.465 e. The Morgan fingerprint density at radius 3 is 2.45 bits per heavy atom. The van der Waals surface area contributed by atoms with Crippen LogP contribution in [0.2, 0.25) is 10.0 Å². The maximum atomic E-state index is 13.5. The van der Waals surface area contributed by atoms with Gasteiger partial charge in [-0.25, -0.2) is 9.18 Å². The highest BCUT2D eigenvalue weighted by Gasteiger charge is 2.17. The zero-order valence-electron chi connectivity index (χ0n) is 11.3. The number of hydrogen-bond acceptors (Lipinski definition) is 3. The molecule has 22 heavy (non-hydrogen) atoms. The van der Waals surface area contributed by atoms with E-state index in [4.69, 9.17) is 23.2 Å². The van der Waals surface area contributed by atoms with E-state index in [9.17, 15) is 14.0 Å². The second-order valence-corrected chi connectivity index (χ2v) is 5.05. The van der Waals surface area contributed by atoms with Crippen LogP contribution in [0.15, 0.2) is 36.4 Å². The van der Waals surface area contributed by atoms with Crippen LogP contribution in [0.1, 0.15) is 20.7 Å². The number of rotatable bonds is 3. The molecule has 114 valence electrons. The minimum atomic E-state index is -0.766. The monoisotopic (exact) mass is 341 g/mol. The van der Waals surface area contributed by atoms with Crippen LogP contribution in [-0.4, -0.2) is 19.0 Å². The Kier molecular flexibility index (Phi) is 5.00. The molecule has 1 N–H and O–H groups in total. The quantitative estimate of drug-likeness (QED) is 0.673. The lowest BCUT2D eigenvalue weighted by atomic mass is 10.1. The van der Waals surface area contributed by atoms with Gasteiger partial charge in [0, 0.05) is 0 Å². The zero-order chi connectivity index (χ0) is 16.3. The standard InChI is InChI=1S/C15H10Cl2FNO3/c1-22-15(21)8-4-2-3-5-13(8)19-14(20)9-6-12(18)11(17)7-10(9)16/h2-7H,1H3,(H,19,20). The van der Waals surface area contributed by atoms with Gasteiger partial charge in [-0.3, -0.25) is 4.79 Å². The summed E-state index contributed by atoms with van der Waals surface area (Å²) in [7, 11) is 1.23. The van der Waals surface area contributed by atoms with Crippen molar-refractivity contribution in [3.63, 3.8) is 0 Å². The van der Waals surface area contributed by atoms with Crippen LogP contribution in [0.4, 0.5) is 10.1 Å². The van der Waals surface area contributed by atoms with Gasteiger partial charge in [0.25, 0.3) is 5.91 Å². The fourth-order valence-corrected chi connectivity index (χ4v) is 2.24. The van der Waals surface area contributed by atoms with Crippen molar-refractivity contribution in [2.45, 2.75) is 0 Å². The Morgan fingerprint density at radius 1 is 1.09 bits per heavy atom. The number of benzene rings is 2. The molecule has 0 saturated carbocycles. The molecule has 0 aromatic heterocycles. The molecule has 0 aliphatic carbocycles. The predicted molar refractivity (Wildman–Crippen MR) is 82.2 cm³/mol. The summed E-state index contributed by atoms with van der Waals surface area (Å²) in [6.45, 7) is 0. The molecule has 7 heteroatoms. The maximum Gasteiger partial charge on any atom is 0.339 e. The molecule has 0 bridgehead atoms. The van der Waals surface area contributed by atoms with Crippen molar-refractivity contribution in [2.24, 2.45) is 0 Å². The fourth-order valence-electron chi connectivity index (χ4n) is 1.77. The van der Waals surface area contributed by atoms with Gasteiger partial charge >= 0.3 is 5.97 Å². The van der Waals surface area contributed by atoms with Crippen LogP contribution in [0, 0.1) is 5.82 Å². The molecular weight excluding hydrogens is 332 g/mol. The van der Waals surface area contributed by atoms with Gasteiger partial charge in [-0.2, -0.15) is 0 Å². The van der Waals surface area contributed by atoms with Crippen molar-refractivity contribution in [1.29, 1.82) is 0 Å². The van der Waals surface area contributed by atoms with Gasteiger partial charge in [0.2, 0.25) is 0 Å². The largest absolute Gasteiger partial charge is 0.465 e. The van der Waals surface area contributed by atoms with Crippen LogP contribution in [-0.2, 0) is 4.74 Å². The number of amides is 1. The molecule has 0 spiro atoms. The normalized spacial score (nSPS) is 10.2. The number of halogens is 3. The van der Waals surface area contributed by atoms with Crippen LogP contribution < -0.4 is 5.32 Å². The van der Waals surface area contributed by atoms with Crippen LogP contribution in [0.5, 0.6) is 0 Å². The van der Waals surface area contributed by atoms with E-state index in [1.807, 2.05) is 0 Å². The molecule has 2 rings (SSSR count). The average molecular weight is 342 g/mol. The number of carbonyl (C=O) groups excluding carboxylic acids is 2. The summed E-state index contributed by atoms with van der Waals surface area (Å²) >= 11 is 11.5. The Hall–Kier alpha value is -2.11. The summed E-state index contributed by atoms with van der Waals surface area (Å²) in [6.07, 6.45) is 0. The summed E-state index contributed by atoms with van der Waals surface area (Å²) in [6, 6.07) is 8.33. The lowest BCUT2D eigenvalue weighted by molar-refractivity contribution is 0.0602. The highest BCUT2D eigenvalue weighted by molar-refractivity contribution is 6.37. The maximum absolute atomic E-state index is 13.5. The number of para-hydroxylation sites is 1. The first kappa shape index (κ1) is 16.3. The summed E-state index contributed by atoms with van der Waals surface area (Å²) in [5, 5.41) is 2.31. The number of esters is 1. The van der Waals surface area contributed by atoms with E-state index in [1.54, 1.807) is 12.1 Å². The van der Waals surface area contributed by atoms with E-state index in [1.165, 1.54) is 19.2 Å². The lowest BCUT2D eigenvalue weighted by Gasteiger charge is -2.10. The Balaban J connectivity index is 2.34. The summed E-state index contributed by atoms with van der Waals surface area (Å²) in [5.74, 6) is -2.04. The summed E-state index contributed by atoms with van der Waals surface area (Å²) in [4.78, 5) is 23.8. The second-order valence-electron chi connectivity index (χ2n) is 4.24. The van der Waals surface area contributed by atoms with E-state index < -0.39 is 17.7 Å². The third-order valence-corrected chi connectivity index (χ3v) is 3.44. The van der Waals surface area contributed by atoms with Crippen molar-refractivity contribution in [2.75, 3.05) is 12.4 Å². The second kappa shape index (κ2) is 6.77. The molecule has 2 aromatic rings. The molecule has 1 amide bonds. The number of methoxy groups -OCH3 is 1. The highest BCUT2D eigenvalue weighted by atomic mass is 35.5. The van der Waals surface area contributed by atoms with Gasteiger partial charge in [-0.1, -0.05) is 35.3 Å². The summed E-state index contributed by atoms with van der Waals surface area (Å²) in [5.41, 5.74) is 0.304. The minimum absolute atomic E-state index is 0.000510. The van der Waals surface area contributed by atoms with Gasteiger partial charge < -0.3 is 10.1 Å². The van der Waals surface area contributed by atoms with Gasteiger partial charge in [-0.15, -0.1) is 0 Å². The number of carbonyl (C=O) groups is 2. The van der Waals surface area contributed by atoms with E-state index in [2.05, 4.69) is 10.1 Å². The van der Waals surface area contributed by atoms with Crippen LogP contribution >= 0.6 is 23.2 Å². The van der Waals surface area contributed by atoms with Crippen molar-refractivity contribution >= 4 is 40.8 Å². The van der Waals surface area contributed by atoms with Crippen molar-refractivity contribution in [3.8, 4) is 0 Å². The Morgan fingerprint density at radius 2 is 1.77 bits per heavy atom. The predicted octanol–water partition coefficient (Wildman–Crippen LogP) is 4.17. The third kappa shape index (κ3) is 3.37. The van der Waals surface area contributed by atoms with Crippen molar-refractivity contribution in [3.05, 3.63) is 63.4 Å². The molecule has 0 unspecified atom stereocenters. The van der Waals surface area contributed by atoms with E-state index in [0.29, 0.717) is 0 Å². The van der Waals surface area contributed by atoms with Gasteiger partial charge in [0.15, 0.2) is 0 Å². The van der Waals surface area contributed by atoms with Gasteiger partial charge in [0.1, 0.15) is 5.82 Å². The van der Waals surface area contributed by atoms with E-state index in [-0.39, 0.29) is 26.9 Å². The number of nitrogens with one attached hydrogen (secondary N) is 1. The van der Waals surface area contributed by atoms with E-state index in [0.717, 1.165) is 12.1 Å². The Labute approximate surface area is 135 Å². The van der Waals surface area contributed by atoms with Crippen LogP contribution in [0.3, 0.4) is 0 Å². The smallest absolute Gasteiger partial charge is 0.339 e. The first-order valence-electron chi connectivity index (χ1n) is 6.07. The molecule has 0 fully saturated rings. The molecule has 0 radical (unpaired) electrons. The number of anilines is 1. The van der Waals surface area contributed by atoms with Crippen molar-refractivity contribution in [1.82, 2.24) is 0 Å². The molecule has 0 aliphatic heterocycles. The average Bonchev–Trinajstić information content (AvgIpc) is 2.50. The molecule has 0 aliphatic rings. The van der Waals surface area contributed by atoms with Crippen molar-refractivity contribution < 1.29 is 18.7 Å². The molecule has 0 atom stereocenters. The first-order chi connectivity index (χ1) is 10.4. The van der Waals surface area contributed by atoms with Gasteiger partial charge in [-0.05, 0) is 24.3 Å². The molecule has 4 nitrogen and oxygen atoms in total. The third-order valence-electron chi connectivity index (χ3n) is 2.84. The SMILES string of the molecule is COC(=O)c1ccccc1NC(=O)c1cc(F)c(Cl)cc1Cl. The Bertz CT molecular complexity index is 750. The molecule has 0 saturated heterocycles. The molecule has 0 heterocycles. The number of hydrogen-bond donors (Lipinski definition) is 1. The topological polar surface area (TPSA) is 55.4 Å². The first-order valence-corrected chi connectivity index (χ1v) is 6.83. The van der Waals surface area contributed by atoms with Crippen LogP contribution in [0.25, 0.3) is 0 Å². The van der Waals surface area contributed by atoms with Gasteiger partial charge in [0.05, 0.1) is 34.0 Å². The van der Waals surface area contributed by atoms with E-state index >= 15 is 0 Å². The number of ether oxygens (including phenoxy) is 1. The lowest BCUT2D eigenvalue weighted by Crippen LogP contribution is -2.16. The molecular formula is C15H10Cl2FNO3. The molecule has 2 aromatic carbocycles. The highest BCUT2D eigenvalue weighted by Crippen LogP contribution is 2.25. The summed E-state index contributed by atoms with van der Waals surface area (Å²) < 4.78 is 18.1.